The van der Waals surface area contributed by atoms with Crippen LogP contribution in [0.2, 0.25) is 0 Å². The maximum Gasteiger partial charge on any atom is 0.254 e. The molecule has 8 nitrogen and oxygen atoms in total. The van der Waals surface area contributed by atoms with Crippen LogP contribution in [0.3, 0.4) is 0 Å². The topological polar surface area (TPSA) is 99.4 Å². The van der Waals surface area contributed by atoms with E-state index in [1.165, 1.54) is 18.4 Å². The summed E-state index contributed by atoms with van der Waals surface area (Å²) in [4.78, 5) is 11.9. The molecule has 22 heavy (non-hydrogen) atoms. The molecule has 0 saturated carbocycles. The maximum atomic E-state index is 11.9. The fourth-order valence-corrected chi connectivity index (χ4v) is 2.96. The molecule has 0 radical (unpaired) electrons. The van der Waals surface area contributed by atoms with Gasteiger partial charge < -0.3 is 19.3 Å². The summed E-state index contributed by atoms with van der Waals surface area (Å²) >= 11 is 1.35. The number of aromatic nitrogens is 3. The van der Waals surface area contributed by atoms with E-state index in [1.54, 1.807) is 6.07 Å². The van der Waals surface area contributed by atoms with Crippen LogP contribution in [0.1, 0.15) is 36.1 Å². The first-order valence-electron chi connectivity index (χ1n) is 6.99. The molecule has 2 aromatic rings. The summed E-state index contributed by atoms with van der Waals surface area (Å²) in [6.07, 6.45) is 2.72. The van der Waals surface area contributed by atoms with Gasteiger partial charge in [-0.25, -0.2) is 0 Å². The largest absolute Gasteiger partial charge is 0.479 e. The van der Waals surface area contributed by atoms with Crippen LogP contribution < -0.4 is 10.1 Å². The number of rotatable bonds is 6. The zero-order valence-electron chi connectivity index (χ0n) is 12.1. The number of carbonyl (C=O) groups excluding carboxylic acids is 1. The minimum atomic E-state index is -0.148. The minimum absolute atomic E-state index is 0.0183. The van der Waals surface area contributed by atoms with E-state index >= 15 is 0 Å². The summed E-state index contributed by atoms with van der Waals surface area (Å²) < 4.78 is 15.5. The van der Waals surface area contributed by atoms with Gasteiger partial charge in [0.1, 0.15) is 16.9 Å². The number of nitrogens with one attached hydrogen (secondary N) is 1. The first kappa shape index (κ1) is 14.9. The second-order valence-electron chi connectivity index (χ2n) is 4.83. The molecular formula is C13H16N4O4S. The van der Waals surface area contributed by atoms with Crippen LogP contribution >= 0.6 is 11.3 Å². The highest BCUT2D eigenvalue weighted by Crippen LogP contribution is 2.31. The molecule has 1 aliphatic heterocycles. The van der Waals surface area contributed by atoms with Crippen molar-refractivity contribution in [3.63, 3.8) is 0 Å². The number of hydrogen-bond acceptors (Lipinski definition) is 8. The van der Waals surface area contributed by atoms with Gasteiger partial charge in [0, 0.05) is 25.5 Å². The highest BCUT2D eigenvalue weighted by molar-refractivity contribution is 7.15. The van der Waals surface area contributed by atoms with Crippen molar-refractivity contribution < 1.29 is 18.8 Å². The number of anilines is 1. The van der Waals surface area contributed by atoms with E-state index in [0.717, 1.165) is 24.5 Å². The lowest BCUT2D eigenvalue weighted by molar-refractivity contribution is -0.116. The lowest BCUT2D eigenvalue weighted by Crippen LogP contribution is -2.11. The zero-order chi connectivity index (χ0) is 15.4. The van der Waals surface area contributed by atoms with Gasteiger partial charge in [0.15, 0.2) is 0 Å². The van der Waals surface area contributed by atoms with Crippen molar-refractivity contribution >= 4 is 22.4 Å². The summed E-state index contributed by atoms with van der Waals surface area (Å²) in [5, 5.41) is 15.8. The Hall–Kier alpha value is -2.00. The van der Waals surface area contributed by atoms with Crippen LogP contribution in [-0.4, -0.2) is 35.0 Å². The summed E-state index contributed by atoms with van der Waals surface area (Å²) in [7, 11) is 1.51. The lowest BCUT2D eigenvalue weighted by Gasteiger charge is -2.02. The van der Waals surface area contributed by atoms with E-state index < -0.39 is 0 Å². The molecular weight excluding hydrogens is 308 g/mol. The summed E-state index contributed by atoms with van der Waals surface area (Å²) in [6.45, 7) is 0.757. The van der Waals surface area contributed by atoms with Crippen LogP contribution in [0.25, 0.3) is 0 Å². The van der Waals surface area contributed by atoms with Crippen molar-refractivity contribution in [2.75, 3.05) is 19.0 Å². The smallest absolute Gasteiger partial charge is 0.254 e. The molecule has 0 aliphatic carbocycles. The third-order valence-electron chi connectivity index (χ3n) is 3.24. The Labute approximate surface area is 130 Å². The average molecular weight is 324 g/mol. The molecule has 1 N–H and O–H groups in total. The van der Waals surface area contributed by atoms with Crippen molar-refractivity contribution in [3.8, 4) is 5.88 Å². The fraction of sp³-hybridized carbons (Fsp3) is 0.538. The zero-order valence-corrected chi connectivity index (χ0v) is 12.9. The van der Waals surface area contributed by atoms with Crippen LogP contribution in [0.5, 0.6) is 5.88 Å². The Morgan fingerprint density at radius 3 is 3.18 bits per heavy atom. The van der Waals surface area contributed by atoms with Gasteiger partial charge in [0.2, 0.25) is 11.0 Å². The Balaban J connectivity index is 1.49. The second-order valence-corrected chi connectivity index (χ2v) is 5.84. The maximum absolute atomic E-state index is 11.9. The Kier molecular flexibility index (Phi) is 4.64. The van der Waals surface area contributed by atoms with Gasteiger partial charge in [-0.15, -0.1) is 10.2 Å². The van der Waals surface area contributed by atoms with Crippen molar-refractivity contribution in [1.82, 2.24) is 15.4 Å². The molecule has 118 valence electrons. The normalized spacial score (nSPS) is 17.6. The number of amides is 1. The molecule has 2 aromatic heterocycles. The van der Waals surface area contributed by atoms with Gasteiger partial charge in [0.05, 0.1) is 7.11 Å². The minimum Gasteiger partial charge on any atom is -0.479 e. The van der Waals surface area contributed by atoms with Crippen LogP contribution in [0.15, 0.2) is 10.6 Å². The first-order valence-corrected chi connectivity index (χ1v) is 7.80. The molecule has 1 aliphatic rings. The van der Waals surface area contributed by atoms with E-state index in [4.69, 9.17) is 14.0 Å². The van der Waals surface area contributed by atoms with Gasteiger partial charge in [0.25, 0.3) is 5.88 Å². The highest BCUT2D eigenvalue weighted by atomic mass is 32.1. The summed E-state index contributed by atoms with van der Waals surface area (Å²) in [6, 6.07) is 1.66. The Bertz CT molecular complexity index is 636. The molecule has 3 heterocycles. The second kappa shape index (κ2) is 6.84. The predicted molar refractivity (Wildman–Crippen MR) is 77.8 cm³/mol. The predicted octanol–water partition coefficient (Wildman–Crippen LogP) is 1.96. The molecule has 0 unspecified atom stereocenters. The number of ether oxygens (including phenoxy) is 2. The molecule has 0 aromatic carbocycles. The molecule has 9 heteroatoms. The fourth-order valence-electron chi connectivity index (χ4n) is 2.11. The quantitative estimate of drug-likeness (QED) is 0.867. The molecule has 1 saturated heterocycles. The molecule has 1 fully saturated rings. The van der Waals surface area contributed by atoms with E-state index in [9.17, 15) is 4.79 Å². The Morgan fingerprint density at radius 1 is 1.55 bits per heavy atom. The van der Waals surface area contributed by atoms with Crippen LogP contribution in [0, 0.1) is 0 Å². The van der Waals surface area contributed by atoms with E-state index in [1.807, 2.05) is 0 Å². The number of nitrogens with zero attached hydrogens (tertiary/aromatic N) is 3. The van der Waals surface area contributed by atoms with Gasteiger partial charge in [-0.2, -0.15) is 0 Å². The number of carbonyl (C=O) groups is 1. The molecule has 0 bridgehead atoms. The lowest BCUT2D eigenvalue weighted by atomic mass is 10.2. The molecule has 1 amide bonds. The van der Waals surface area contributed by atoms with Gasteiger partial charge in [-0.05, 0) is 18.0 Å². The van der Waals surface area contributed by atoms with Crippen molar-refractivity contribution in [2.45, 2.75) is 31.8 Å². The summed E-state index contributed by atoms with van der Waals surface area (Å²) in [5.41, 5.74) is 0. The SMILES string of the molecule is COc1cc(CCC(=O)Nc2nnc([C@H]3CCCO3)s2)on1. The van der Waals surface area contributed by atoms with Gasteiger partial charge in [-0.1, -0.05) is 11.3 Å². The molecule has 0 spiro atoms. The van der Waals surface area contributed by atoms with Crippen molar-refractivity contribution in [3.05, 3.63) is 16.8 Å². The van der Waals surface area contributed by atoms with Crippen molar-refractivity contribution in [1.29, 1.82) is 0 Å². The van der Waals surface area contributed by atoms with Gasteiger partial charge >= 0.3 is 0 Å². The van der Waals surface area contributed by atoms with Crippen molar-refractivity contribution in [2.24, 2.45) is 0 Å². The molecule has 3 rings (SSSR count). The highest BCUT2D eigenvalue weighted by Gasteiger charge is 2.22. The molecule has 1 atom stereocenters. The van der Waals surface area contributed by atoms with E-state index in [2.05, 4.69) is 20.7 Å². The monoisotopic (exact) mass is 324 g/mol. The average Bonchev–Trinajstić information content (AvgIpc) is 3.25. The summed E-state index contributed by atoms with van der Waals surface area (Å²) in [5.74, 6) is 0.857. The standard InChI is InChI=1S/C13H16N4O4S/c1-19-11-7-8(21-17-11)4-5-10(18)14-13-16-15-12(22-13)9-3-2-6-20-9/h7,9H,2-6H2,1H3,(H,14,16,18)/t9-/m1/s1. The van der Waals surface area contributed by atoms with E-state index in [0.29, 0.717) is 23.2 Å². The van der Waals surface area contributed by atoms with Gasteiger partial charge in [-0.3, -0.25) is 4.79 Å². The first-order chi connectivity index (χ1) is 10.7. The van der Waals surface area contributed by atoms with Crippen LogP contribution in [-0.2, 0) is 16.0 Å². The number of hydrogen-bond donors (Lipinski definition) is 1. The third kappa shape index (κ3) is 3.60. The number of aryl methyl sites for hydroxylation is 1. The Morgan fingerprint density at radius 2 is 2.45 bits per heavy atom. The number of methoxy groups -OCH3 is 1. The van der Waals surface area contributed by atoms with E-state index in [-0.39, 0.29) is 18.4 Å². The third-order valence-corrected chi connectivity index (χ3v) is 4.17. The van der Waals surface area contributed by atoms with Crippen LogP contribution in [0.4, 0.5) is 5.13 Å².